The molecule has 0 spiro atoms. The van der Waals surface area contributed by atoms with Gasteiger partial charge < -0.3 is 14.8 Å². The molecule has 1 aliphatic heterocycles. The van der Waals surface area contributed by atoms with Crippen LogP contribution in [0.25, 0.3) is 5.69 Å². The smallest absolute Gasteiger partial charge is 0.238 e. The lowest BCUT2D eigenvalue weighted by atomic mass is 10.2. The second-order valence-corrected chi connectivity index (χ2v) is 7.14. The Morgan fingerprint density at radius 2 is 2.03 bits per heavy atom. The Balaban J connectivity index is 1.40. The molecule has 0 fully saturated rings. The summed E-state index contributed by atoms with van der Waals surface area (Å²) in [5.74, 6) is 1.33. The SMILES string of the molecule is CN(CC(=O)Nc1cc(Cl)ccc1-n1cncn1)Cc1ccc2c(c1)OCCO2. The van der Waals surface area contributed by atoms with E-state index in [1.165, 1.54) is 6.33 Å². The van der Waals surface area contributed by atoms with E-state index >= 15 is 0 Å². The van der Waals surface area contributed by atoms with Gasteiger partial charge in [-0.1, -0.05) is 17.7 Å². The molecule has 1 N–H and O–H groups in total. The maximum atomic E-state index is 12.6. The highest BCUT2D eigenvalue weighted by molar-refractivity contribution is 6.31. The summed E-state index contributed by atoms with van der Waals surface area (Å²) in [5.41, 5.74) is 2.30. The third-order valence-electron chi connectivity index (χ3n) is 4.37. The number of ether oxygens (including phenoxy) is 2. The van der Waals surface area contributed by atoms with E-state index in [0.29, 0.717) is 36.2 Å². The van der Waals surface area contributed by atoms with Crippen LogP contribution in [-0.4, -0.2) is 52.4 Å². The molecule has 1 aliphatic rings. The van der Waals surface area contributed by atoms with Crippen molar-refractivity contribution < 1.29 is 14.3 Å². The van der Waals surface area contributed by atoms with Crippen LogP contribution in [0.3, 0.4) is 0 Å². The number of amides is 1. The monoisotopic (exact) mass is 413 g/mol. The third-order valence-corrected chi connectivity index (χ3v) is 4.61. The van der Waals surface area contributed by atoms with E-state index in [1.54, 1.807) is 29.2 Å². The van der Waals surface area contributed by atoms with Crippen molar-refractivity contribution in [1.82, 2.24) is 19.7 Å². The van der Waals surface area contributed by atoms with E-state index in [0.717, 1.165) is 17.1 Å². The number of carbonyl (C=O) groups is 1. The fraction of sp³-hybridized carbons (Fsp3) is 0.250. The van der Waals surface area contributed by atoms with E-state index in [9.17, 15) is 4.79 Å². The molecule has 29 heavy (non-hydrogen) atoms. The van der Waals surface area contributed by atoms with Crippen molar-refractivity contribution in [3.8, 4) is 17.2 Å². The molecule has 0 atom stereocenters. The van der Waals surface area contributed by atoms with Gasteiger partial charge in [-0.2, -0.15) is 5.10 Å². The predicted octanol–water partition coefficient (Wildman–Crippen LogP) is 2.76. The Labute approximate surface area is 173 Å². The zero-order valence-electron chi connectivity index (χ0n) is 15.8. The lowest BCUT2D eigenvalue weighted by Gasteiger charge is -2.21. The van der Waals surface area contributed by atoms with Crippen LogP contribution >= 0.6 is 11.6 Å². The maximum absolute atomic E-state index is 12.6. The van der Waals surface area contributed by atoms with Gasteiger partial charge in [0, 0.05) is 11.6 Å². The predicted molar refractivity (Wildman–Crippen MR) is 109 cm³/mol. The minimum Gasteiger partial charge on any atom is -0.486 e. The molecule has 0 aliphatic carbocycles. The first-order valence-corrected chi connectivity index (χ1v) is 9.48. The summed E-state index contributed by atoms with van der Waals surface area (Å²) in [6.07, 6.45) is 2.99. The molecule has 4 rings (SSSR count). The topological polar surface area (TPSA) is 81.5 Å². The van der Waals surface area contributed by atoms with Crippen LogP contribution in [0, 0.1) is 0 Å². The van der Waals surface area contributed by atoms with E-state index < -0.39 is 0 Å². The van der Waals surface area contributed by atoms with Crippen molar-refractivity contribution in [1.29, 1.82) is 0 Å². The number of hydrogen-bond acceptors (Lipinski definition) is 6. The zero-order chi connectivity index (χ0) is 20.2. The molecule has 0 unspecified atom stereocenters. The highest BCUT2D eigenvalue weighted by Gasteiger charge is 2.15. The average molecular weight is 414 g/mol. The van der Waals surface area contributed by atoms with Gasteiger partial charge in [-0.15, -0.1) is 0 Å². The summed E-state index contributed by atoms with van der Waals surface area (Å²) in [6, 6.07) is 11.0. The van der Waals surface area contributed by atoms with Crippen LogP contribution in [0.1, 0.15) is 5.56 Å². The molecular formula is C20H20ClN5O3. The molecule has 0 bridgehead atoms. The normalized spacial score (nSPS) is 12.8. The van der Waals surface area contributed by atoms with Crippen LogP contribution in [0.15, 0.2) is 49.1 Å². The molecule has 2 aromatic carbocycles. The number of nitrogens with zero attached hydrogens (tertiary/aromatic N) is 4. The fourth-order valence-corrected chi connectivity index (χ4v) is 3.30. The lowest BCUT2D eigenvalue weighted by Crippen LogP contribution is -2.30. The van der Waals surface area contributed by atoms with Crippen molar-refractivity contribution in [2.75, 3.05) is 32.1 Å². The number of anilines is 1. The number of aromatic nitrogens is 3. The number of halogens is 1. The van der Waals surface area contributed by atoms with Crippen molar-refractivity contribution in [2.24, 2.45) is 0 Å². The molecule has 0 saturated carbocycles. The number of hydrogen-bond donors (Lipinski definition) is 1. The van der Waals surface area contributed by atoms with Gasteiger partial charge >= 0.3 is 0 Å². The van der Waals surface area contributed by atoms with E-state index in [1.807, 2.05) is 30.1 Å². The Hall–Kier alpha value is -3.10. The van der Waals surface area contributed by atoms with E-state index in [-0.39, 0.29) is 12.5 Å². The minimum absolute atomic E-state index is 0.159. The third kappa shape index (κ3) is 4.67. The number of carbonyl (C=O) groups excluding carboxylic acids is 1. The molecule has 2 heterocycles. The van der Waals surface area contributed by atoms with Crippen LogP contribution in [0.2, 0.25) is 5.02 Å². The summed E-state index contributed by atoms with van der Waals surface area (Å²) in [4.78, 5) is 18.5. The van der Waals surface area contributed by atoms with Gasteiger partial charge in [-0.3, -0.25) is 9.69 Å². The second kappa shape index (κ2) is 8.50. The zero-order valence-corrected chi connectivity index (χ0v) is 16.6. The molecule has 150 valence electrons. The van der Waals surface area contributed by atoms with Gasteiger partial charge in [-0.25, -0.2) is 9.67 Å². The Kier molecular flexibility index (Phi) is 5.64. The molecule has 3 aromatic rings. The number of rotatable bonds is 6. The van der Waals surface area contributed by atoms with Gasteiger partial charge in [-0.05, 0) is 42.9 Å². The fourth-order valence-electron chi connectivity index (χ4n) is 3.13. The summed E-state index contributed by atoms with van der Waals surface area (Å²) in [7, 11) is 1.88. The first kappa shape index (κ1) is 19.2. The number of benzene rings is 2. The maximum Gasteiger partial charge on any atom is 0.238 e. The average Bonchev–Trinajstić information content (AvgIpc) is 3.22. The molecule has 0 radical (unpaired) electrons. The second-order valence-electron chi connectivity index (χ2n) is 6.70. The van der Waals surface area contributed by atoms with Gasteiger partial charge in [0.15, 0.2) is 11.5 Å². The largest absolute Gasteiger partial charge is 0.486 e. The molecule has 8 nitrogen and oxygen atoms in total. The highest BCUT2D eigenvalue weighted by Crippen LogP contribution is 2.31. The summed E-state index contributed by atoms with van der Waals surface area (Å²) in [5, 5.41) is 7.54. The van der Waals surface area contributed by atoms with Gasteiger partial charge in [0.1, 0.15) is 25.9 Å². The first-order chi connectivity index (χ1) is 14.1. The number of nitrogens with one attached hydrogen (secondary N) is 1. The van der Waals surface area contributed by atoms with Crippen LogP contribution < -0.4 is 14.8 Å². The quantitative estimate of drug-likeness (QED) is 0.669. The molecule has 1 aromatic heterocycles. The number of fused-ring (bicyclic) bond motifs is 1. The van der Waals surface area contributed by atoms with Gasteiger partial charge in [0.25, 0.3) is 0 Å². The Morgan fingerprint density at radius 1 is 1.21 bits per heavy atom. The summed E-state index contributed by atoms with van der Waals surface area (Å²) >= 11 is 6.10. The van der Waals surface area contributed by atoms with E-state index in [2.05, 4.69) is 15.4 Å². The number of likely N-dealkylation sites (N-methyl/N-ethyl adjacent to an activating group) is 1. The minimum atomic E-state index is -0.159. The summed E-state index contributed by atoms with van der Waals surface area (Å²) in [6.45, 7) is 1.90. The van der Waals surface area contributed by atoms with Crippen LogP contribution in [-0.2, 0) is 11.3 Å². The van der Waals surface area contributed by atoms with Crippen molar-refractivity contribution in [2.45, 2.75) is 6.54 Å². The van der Waals surface area contributed by atoms with Crippen LogP contribution in [0.5, 0.6) is 11.5 Å². The standard InChI is InChI=1S/C20H20ClN5O3/c1-25(10-14-2-5-18-19(8-14)29-7-6-28-18)11-20(27)24-16-9-15(21)3-4-17(16)26-13-22-12-23-26/h2-5,8-9,12-13H,6-7,10-11H2,1H3,(H,24,27). The molecule has 1 amide bonds. The van der Waals surface area contributed by atoms with Crippen molar-refractivity contribution in [3.63, 3.8) is 0 Å². The first-order valence-electron chi connectivity index (χ1n) is 9.10. The van der Waals surface area contributed by atoms with Gasteiger partial charge in [0.05, 0.1) is 17.9 Å². The highest BCUT2D eigenvalue weighted by atomic mass is 35.5. The van der Waals surface area contributed by atoms with E-state index in [4.69, 9.17) is 21.1 Å². The summed E-state index contributed by atoms with van der Waals surface area (Å²) < 4.78 is 12.7. The van der Waals surface area contributed by atoms with Crippen molar-refractivity contribution >= 4 is 23.2 Å². The molecular weight excluding hydrogens is 394 g/mol. The van der Waals surface area contributed by atoms with Gasteiger partial charge in [0.2, 0.25) is 5.91 Å². The van der Waals surface area contributed by atoms with Crippen LogP contribution in [0.4, 0.5) is 5.69 Å². The Morgan fingerprint density at radius 3 is 2.83 bits per heavy atom. The lowest BCUT2D eigenvalue weighted by molar-refractivity contribution is -0.117. The molecule has 9 heteroatoms. The molecule has 0 saturated heterocycles. The van der Waals surface area contributed by atoms with Crippen molar-refractivity contribution in [3.05, 3.63) is 59.6 Å². The Bertz CT molecular complexity index is 1010.